The first-order valence-electron chi connectivity index (χ1n) is 9.09. The fraction of sp³-hybridized carbons (Fsp3) is 0.130. The van der Waals surface area contributed by atoms with Crippen molar-refractivity contribution >= 4 is 33.4 Å². The minimum Gasteiger partial charge on any atom is -0.496 e. The molecule has 0 heterocycles. The number of carbonyl (C=O) groups excluding carboxylic acids is 2. The van der Waals surface area contributed by atoms with Crippen molar-refractivity contribution in [3.8, 4) is 5.75 Å². The quantitative estimate of drug-likeness (QED) is 0.539. The predicted molar refractivity (Wildman–Crippen MR) is 117 cm³/mol. The van der Waals surface area contributed by atoms with Gasteiger partial charge in [0.15, 0.2) is 0 Å². The van der Waals surface area contributed by atoms with Crippen LogP contribution in [0, 0.1) is 0 Å². The lowest BCUT2D eigenvalue weighted by atomic mass is 10.1. The van der Waals surface area contributed by atoms with Gasteiger partial charge in [-0.3, -0.25) is 9.59 Å². The zero-order valence-corrected chi connectivity index (χ0v) is 17.7. The number of methoxy groups -OCH3 is 1. The maximum atomic E-state index is 12.8. The second-order valence-corrected chi connectivity index (χ2v) is 7.37. The summed E-state index contributed by atoms with van der Waals surface area (Å²) in [5.74, 6) is -0.177. The summed E-state index contributed by atoms with van der Waals surface area (Å²) >= 11 is 3.37. The van der Waals surface area contributed by atoms with Gasteiger partial charge in [0.2, 0.25) is 0 Å². The molecule has 29 heavy (non-hydrogen) atoms. The van der Waals surface area contributed by atoms with E-state index >= 15 is 0 Å². The van der Waals surface area contributed by atoms with Gasteiger partial charge in [-0.2, -0.15) is 0 Å². The molecular formula is C23H21BrN2O3. The van der Waals surface area contributed by atoms with Crippen LogP contribution in [0.1, 0.15) is 39.2 Å². The number of anilines is 1. The van der Waals surface area contributed by atoms with Gasteiger partial charge in [-0.25, -0.2) is 0 Å². The molecule has 0 saturated heterocycles. The third-order valence-corrected chi connectivity index (χ3v) is 4.97. The predicted octanol–water partition coefficient (Wildman–Crippen LogP) is 5.20. The smallest absolute Gasteiger partial charge is 0.259 e. The van der Waals surface area contributed by atoms with Crippen LogP contribution >= 0.6 is 15.9 Å². The zero-order chi connectivity index (χ0) is 20.8. The average molecular weight is 453 g/mol. The Hall–Kier alpha value is -3.12. The minimum atomic E-state index is -0.362. The fourth-order valence-corrected chi connectivity index (χ4v) is 3.30. The molecule has 3 aromatic rings. The number of halogens is 1. The molecule has 1 unspecified atom stereocenters. The van der Waals surface area contributed by atoms with Crippen LogP contribution in [0.3, 0.4) is 0 Å². The molecule has 0 aromatic heterocycles. The molecule has 0 aliphatic rings. The highest BCUT2D eigenvalue weighted by Gasteiger charge is 2.18. The van der Waals surface area contributed by atoms with E-state index in [-0.39, 0.29) is 17.9 Å². The van der Waals surface area contributed by atoms with E-state index in [9.17, 15) is 9.59 Å². The van der Waals surface area contributed by atoms with Gasteiger partial charge in [0.1, 0.15) is 5.75 Å². The van der Waals surface area contributed by atoms with E-state index in [2.05, 4.69) is 26.6 Å². The van der Waals surface area contributed by atoms with Crippen LogP contribution in [-0.4, -0.2) is 18.9 Å². The van der Waals surface area contributed by atoms with Crippen LogP contribution < -0.4 is 15.4 Å². The van der Waals surface area contributed by atoms with Crippen LogP contribution in [0.25, 0.3) is 0 Å². The van der Waals surface area contributed by atoms with Crippen molar-refractivity contribution < 1.29 is 14.3 Å². The van der Waals surface area contributed by atoms with Gasteiger partial charge in [-0.1, -0.05) is 58.4 Å². The van der Waals surface area contributed by atoms with Crippen molar-refractivity contribution in [1.29, 1.82) is 0 Å². The van der Waals surface area contributed by atoms with E-state index in [1.165, 1.54) is 7.11 Å². The molecule has 0 radical (unpaired) electrons. The molecule has 3 aromatic carbocycles. The molecule has 5 nitrogen and oxygen atoms in total. The molecule has 148 valence electrons. The number of nitrogens with one attached hydrogen (secondary N) is 2. The maximum Gasteiger partial charge on any atom is 0.259 e. The van der Waals surface area contributed by atoms with Gasteiger partial charge in [0, 0.05) is 4.47 Å². The molecule has 0 fully saturated rings. The van der Waals surface area contributed by atoms with Crippen LogP contribution in [0.15, 0.2) is 77.3 Å². The SMILES string of the molecule is COc1ccc(Br)cc1C(=O)Nc1ccccc1C(=O)NC(C)c1ccccc1. The van der Waals surface area contributed by atoms with E-state index in [1.54, 1.807) is 42.5 Å². The largest absolute Gasteiger partial charge is 0.496 e. The second kappa shape index (κ2) is 9.39. The van der Waals surface area contributed by atoms with Crippen LogP contribution in [0.4, 0.5) is 5.69 Å². The Morgan fingerprint density at radius 3 is 2.31 bits per heavy atom. The van der Waals surface area contributed by atoms with Crippen molar-refractivity contribution in [2.75, 3.05) is 12.4 Å². The Bertz CT molecular complexity index is 1020. The van der Waals surface area contributed by atoms with Crippen molar-refractivity contribution in [2.24, 2.45) is 0 Å². The topological polar surface area (TPSA) is 67.4 Å². The van der Waals surface area contributed by atoms with E-state index in [0.717, 1.165) is 10.0 Å². The van der Waals surface area contributed by atoms with E-state index < -0.39 is 0 Å². The summed E-state index contributed by atoms with van der Waals surface area (Å²) in [5.41, 5.74) is 2.19. The summed E-state index contributed by atoms with van der Waals surface area (Å²) in [5, 5.41) is 5.80. The highest BCUT2D eigenvalue weighted by molar-refractivity contribution is 9.10. The number of hydrogen-bond donors (Lipinski definition) is 2. The van der Waals surface area contributed by atoms with Gasteiger partial charge >= 0.3 is 0 Å². The first-order chi connectivity index (χ1) is 14.0. The Balaban J connectivity index is 1.81. The number of hydrogen-bond acceptors (Lipinski definition) is 3. The molecule has 0 aliphatic heterocycles. The van der Waals surface area contributed by atoms with Crippen LogP contribution in [-0.2, 0) is 0 Å². The number of carbonyl (C=O) groups is 2. The zero-order valence-electron chi connectivity index (χ0n) is 16.1. The number of benzene rings is 3. The number of para-hydroxylation sites is 1. The molecule has 0 bridgehead atoms. The van der Waals surface area contributed by atoms with Crippen molar-refractivity contribution in [3.05, 3.63) is 94.0 Å². The third kappa shape index (κ3) is 5.03. The summed E-state index contributed by atoms with van der Waals surface area (Å²) in [6.07, 6.45) is 0. The first kappa shape index (κ1) is 20.6. The molecule has 2 N–H and O–H groups in total. The summed E-state index contributed by atoms with van der Waals surface area (Å²) in [6, 6.07) is 21.6. The summed E-state index contributed by atoms with van der Waals surface area (Å²) in [6.45, 7) is 1.92. The van der Waals surface area contributed by atoms with Crippen molar-refractivity contribution in [1.82, 2.24) is 5.32 Å². The summed E-state index contributed by atoms with van der Waals surface area (Å²) in [7, 11) is 1.51. The number of amides is 2. The average Bonchev–Trinajstić information content (AvgIpc) is 2.74. The number of rotatable bonds is 6. The van der Waals surface area contributed by atoms with E-state index in [4.69, 9.17) is 4.74 Å². The lowest BCUT2D eigenvalue weighted by Gasteiger charge is -2.17. The van der Waals surface area contributed by atoms with Gasteiger partial charge in [-0.15, -0.1) is 0 Å². The molecule has 0 saturated carbocycles. The van der Waals surface area contributed by atoms with Gasteiger partial charge in [-0.05, 0) is 42.8 Å². The van der Waals surface area contributed by atoms with Gasteiger partial charge < -0.3 is 15.4 Å². The molecule has 0 spiro atoms. The highest BCUT2D eigenvalue weighted by Crippen LogP contribution is 2.25. The third-order valence-electron chi connectivity index (χ3n) is 4.47. The Kier molecular flexibility index (Phi) is 6.67. The molecule has 0 aliphatic carbocycles. The Morgan fingerprint density at radius 2 is 1.59 bits per heavy atom. The van der Waals surface area contributed by atoms with Crippen molar-refractivity contribution in [2.45, 2.75) is 13.0 Å². The Morgan fingerprint density at radius 1 is 0.897 bits per heavy atom. The molecule has 1 atom stereocenters. The second-order valence-electron chi connectivity index (χ2n) is 6.45. The van der Waals surface area contributed by atoms with E-state index in [1.807, 2.05) is 37.3 Å². The molecule has 2 amide bonds. The Labute approximate surface area is 178 Å². The summed E-state index contributed by atoms with van der Waals surface area (Å²) < 4.78 is 6.03. The monoisotopic (exact) mass is 452 g/mol. The maximum absolute atomic E-state index is 12.8. The first-order valence-corrected chi connectivity index (χ1v) is 9.88. The molecule has 6 heteroatoms. The molecular weight excluding hydrogens is 432 g/mol. The highest BCUT2D eigenvalue weighted by atomic mass is 79.9. The minimum absolute atomic E-state index is 0.169. The lowest BCUT2D eigenvalue weighted by Crippen LogP contribution is -2.28. The van der Waals surface area contributed by atoms with Gasteiger partial charge in [0.25, 0.3) is 11.8 Å². The lowest BCUT2D eigenvalue weighted by molar-refractivity contribution is 0.0941. The fourth-order valence-electron chi connectivity index (χ4n) is 2.94. The number of ether oxygens (including phenoxy) is 1. The summed E-state index contributed by atoms with van der Waals surface area (Å²) in [4.78, 5) is 25.7. The van der Waals surface area contributed by atoms with Crippen LogP contribution in [0.2, 0.25) is 0 Å². The normalized spacial score (nSPS) is 11.4. The van der Waals surface area contributed by atoms with Crippen LogP contribution in [0.5, 0.6) is 5.75 Å². The van der Waals surface area contributed by atoms with Gasteiger partial charge in [0.05, 0.1) is 30.0 Å². The van der Waals surface area contributed by atoms with E-state index in [0.29, 0.717) is 22.6 Å². The standard InChI is InChI=1S/C23H21BrN2O3/c1-15(16-8-4-3-5-9-16)25-22(27)18-10-6-7-11-20(18)26-23(28)19-14-17(24)12-13-21(19)29-2/h3-15H,1-2H3,(H,25,27)(H,26,28). The molecule has 3 rings (SSSR count). The van der Waals surface area contributed by atoms with Crippen molar-refractivity contribution in [3.63, 3.8) is 0 Å².